The van der Waals surface area contributed by atoms with Crippen LogP contribution in [0, 0.1) is 5.41 Å². The van der Waals surface area contributed by atoms with E-state index in [0.717, 1.165) is 26.2 Å². The fourth-order valence-electron chi connectivity index (χ4n) is 1.92. The van der Waals surface area contributed by atoms with E-state index in [-0.39, 0.29) is 0 Å². The Morgan fingerprint density at radius 3 is 2.69 bits per heavy atom. The smallest absolute Gasteiger partial charge is 0.0852 e. The average Bonchev–Trinajstić information content (AvgIpc) is 2.15. The van der Waals surface area contributed by atoms with Crippen LogP contribution >= 0.6 is 0 Å². The number of rotatable bonds is 4. The standard InChI is InChI=1S/C13H28N2O/c1-11(14-7-6-13(2,3)4)12-10-15(5)8-9-16-12/h11-12,14H,6-10H2,1-5H3/t11-,12+/m1/s1. The van der Waals surface area contributed by atoms with Crippen molar-refractivity contribution in [1.82, 2.24) is 10.2 Å². The predicted octanol–water partition coefficient (Wildman–Crippen LogP) is 1.73. The molecule has 1 aliphatic rings. The molecule has 0 unspecified atom stereocenters. The van der Waals surface area contributed by atoms with Crippen LogP contribution in [0.25, 0.3) is 0 Å². The Labute approximate surface area is 101 Å². The Kier molecular flexibility index (Phi) is 5.22. The van der Waals surface area contributed by atoms with Crippen LogP contribution < -0.4 is 5.32 Å². The molecule has 0 aromatic carbocycles. The van der Waals surface area contributed by atoms with Crippen molar-refractivity contribution in [2.45, 2.75) is 46.3 Å². The lowest BCUT2D eigenvalue weighted by molar-refractivity contribution is -0.0355. The fourth-order valence-corrected chi connectivity index (χ4v) is 1.92. The fraction of sp³-hybridized carbons (Fsp3) is 1.00. The highest BCUT2D eigenvalue weighted by Crippen LogP contribution is 2.17. The van der Waals surface area contributed by atoms with Crippen LogP contribution in [0.1, 0.15) is 34.1 Å². The van der Waals surface area contributed by atoms with Gasteiger partial charge in [0.05, 0.1) is 12.7 Å². The molecule has 0 amide bonds. The van der Waals surface area contributed by atoms with Gasteiger partial charge in [-0.05, 0) is 32.4 Å². The molecule has 1 heterocycles. The van der Waals surface area contributed by atoms with E-state index >= 15 is 0 Å². The molecule has 0 saturated carbocycles. The quantitative estimate of drug-likeness (QED) is 0.793. The van der Waals surface area contributed by atoms with E-state index in [1.165, 1.54) is 6.42 Å². The molecule has 0 spiro atoms. The minimum absolute atomic E-state index is 0.346. The molecule has 3 heteroatoms. The summed E-state index contributed by atoms with van der Waals surface area (Å²) in [5.74, 6) is 0. The Balaban J connectivity index is 2.21. The van der Waals surface area contributed by atoms with Gasteiger partial charge in [0.2, 0.25) is 0 Å². The maximum absolute atomic E-state index is 5.79. The van der Waals surface area contributed by atoms with Crippen LogP contribution in [0.15, 0.2) is 0 Å². The molecule has 1 fully saturated rings. The second-order valence-electron chi connectivity index (χ2n) is 6.22. The zero-order valence-electron chi connectivity index (χ0n) is 11.5. The van der Waals surface area contributed by atoms with Gasteiger partial charge in [-0.1, -0.05) is 20.8 Å². The first-order valence-electron chi connectivity index (χ1n) is 6.42. The van der Waals surface area contributed by atoms with E-state index in [1.54, 1.807) is 0 Å². The SMILES string of the molecule is C[C@@H](NCCC(C)(C)C)[C@@H]1CN(C)CCO1. The molecule has 1 aliphatic heterocycles. The molecule has 3 nitrogen and oxygen atoms in total. The first-order valence-corrected chi connectivity index (χ1v) is 6.42. The Morgan fingerprint density at radius 2 is 2.12 bits per heavy atom. The van der Waals surface area contributed by atoms with Gasteiger partial charge in [-0.3, -0.25) is 0 Å². The Morgan fingerprint density at radius 1 is 1.44 bits per heavy atom. The van der Waals surface area contributed by atoms with Gasteiger partial charge in [-0.15, -0.1) is 0 Å². The van der Waals surface area contributed by atoms with Crippen molar-refractivity contribution in [3.8, 4) is 0 Å². The van der Waals surface area contributed by atoms with E-state index in [0.29, 0.717) is 17.6 Å². The van der Waals surface area contributed by atoms with Gasteiger partial charge in [0.15, 0.2) is 0 Å². The Bertz CT molecular complexity index is 201. The zero-order valence-corrected chi connectivity index (χ0v) is 11.5. The van der Waals surface area contributed by atoms with Gasteiger partial charge in [0, 0.05) is 19.1 Å². The normalized spacial score (nSPS) is 25.7. The molecule has 2 atom stereocenters. The van der Waals surface area contributed by atoms with Crippen molar-refractivity contribution in [1.29, 1.82) is 0 Å². The largest absolute Gasteiger partial charge is 0.374 e. The molecule has 1 rings (SSSR count). The minimum Gasteiger partial charge on any atom is -0.374 e. The number of nitrogens with zero attached hydrogens (tertiary/aromatic N) is 1. The van der Waals surface area contributed by atoms with Gasteiger partial charge < -0.3 is 15.0 Å². The van der Waals surface area contributed by atoms with Gasteiger partial charge in [0.1, 0.15) is 0 Å². The van der Waals surface area contributed by atoms with Crippen LogP contribution in [0.5, 0.6) is 0 Å². The summed E-state index contributed by atoms with van der Waals surface area (Å²) in [5, 5.41) is 3.58. The highest BCUT2D eigenvalue weighted by molar-refractivity contribution is 4.79. The summed E-state index contributed by atoms with van der Waals surface area (Å²) in [6.07, 6.45) is 1.55. The summed E-state index contributed by atoms with van der Waals surface area (Å²) in [5.41, 5.74) is 0.414. The number of hydrogen-bond acceptors (Lipinski definition) is 3. The number of ether oxygens (including phenoxy) is 1. The van der Waals surface area contributed by atoms with E-state index in [4.69, 9.17) is 4.74 Å². The number of likely N-dealkylation sites (N-methyl/N-ethyl adjacent to an activating group) is 1. The molecular weight excluding hydrogens is 200 g/mol. The molecule has 0 aromatic rings. The van der Waals surface area contributed by atoms with Crippen LogP contribution in [0.4, 0.5) is 0 Å². The third-order valence-electron chi connectivity index (χ3n) is 3.20. The molecule has 16 heavy (non-hydrogen) atoms. The molecular formula is C13H28N2O. The summed E-state index contributed by atoms with van der Waals surface area (Å²) in [7, 11) is 2.16. The summed E-state index contributed by atoms with van der Waals surface area (Å²) >= 11 is 0. The second kappa shape index (κ2) is 5.99. The molecule has 96 valence electrons. The highest BCUT2D eigenvalue weighted by atomic mass is 16.5. The lowest BCUT2D eigenvalue weighted by Crippen LogP contribution is -2.50. The van der Waals surface area contributed by atoms with Crippen molar-refractivity contribution in [3.63, 3.8) is 0 Å². The van der Waals surface area contributed by atoms with Gasteiger partial charge in [-0.25, -0.2) is 0 Å². The van der Waals surface area contributed by atoms with E-state index in [1.807, 2.05) is 0 Å². The summed E-state index contributed by atoms with van der Waals surface area (Å²) in [6.45, 7) is 13.1. The van der Waals surface area contributed by atoms with Crippen molar-refractivity contribution >= 4 is 0 Å². The van der Waals surface area contributed by atoms with Crippen molar-refractivity contribution in [2.24, 2.45) is 5.41 Å². The van der Waals surface area contributed by atoms with E-state index < -0.39 is 0 Å². The minimum atomic E-state index is 0.346. The summed E-state index contributed by atoms with van der Waals surface area (Å²) < 4.78 is 5.79. The van der Waals surface area contributed by atoms with Crippen molar-refractivity contribution in [3.05, 3.63) is 0 Å². The molecule has 1 saturated heterocycles. The van der Waals surface area contributed by atoms with Crippen LogP contribution in [-0.2, 0) is 4.74 Å². The summed E-state index contributed by atoms with van der Waals surface area (Å²) in [6, 6.07) is 0.449. The zero-order chi connectivity index (χ0) is 12.2. The Hall–Kier alpha value is -0.120. The predicted molar refractivity (Wildman–Crippen MR) is 68.8 cm³/mol. The maximum Gasteiger partial charge on any atom is 0.0852 e. The lowest BCUT2D eigenvalue weighted by atomic mass is 9.92. The van der Waals surface area contributed by atoms with E-state index in [9.17, 15) is 0 Å². The number of nitrogens with one attached hydrogen (secondary N) is 1. The molecule has 0 radical (unpaired) electrons. The summed E-state index contributed by atoms with van der Waals surface area (Å²) in [4.78, 5) is 2.34. The van der Waals surface area contributed by atoms with Crippen LogP contribution in [-0.4, -0.2) is 50.3 Å². The van der Waals surface area contributed by atoms with Gasteiger partial charge >= 0.3 is 0 Å². The van der Waals surface area contributed by atoms with Crippen LogP contribution in [0.2, 0.25) is 0 Å². The maximum atomic E-state index is 5.79. The topological polar surface area (TPSA) is 24.5 Å². The average molecular weight is 228 g/mol. The first kappa shape index (κ1) is 13.9. The van der Waals surface area contributed by atoms with Crippen molar-refractivity contribution in [2.75, 3.05) is 33.3 Å². The number of morpholine rings is 1. The third kappa shape index (κ3) is 5.28. The molecule has 0 aromatic heterocycles. The van der Waals surface area contributed by atoms with Gasteiger partial charge in [-0.2, -0.15) is 0 Å². The molecule has 0 aliphatic carbocycles. The highest BCUT2D eigenvalue weighted by Gasteiger charge is 2.23. The second-order valence-corrected chi connectivity index (χ2v) is 6.22. The van der Waals surface area contributed by atoms with Crippen molar-refractivity contribution < 1.29 is 4.74 Å². The van der Waals surface area contributed by atoms with Crippen LogP contribution in [0.3, 0.4) is 0 Å². The first-order chi connectivity index (χ1) is 7.38. The lowest BCUT2D eigenvalue weighted by Gasteiger charge is -2.34. The molecule has 0 bridgehead atoms. The monoisotopic (exact) mass is 228 g/mol. The number of hydrogen-bond donors (Lipinski definition) is 1. The molecule has 1 N–H and O–H groups in total. The third-order valence-corrected chi connectivity index (χ3v) is 3.20. The van der Waals surface area contributed by atoms with E-state index in [2.05, 4.69) is 45.0 Å². The van der Waals surface area contributed by atoms with Gasteiger partial charge in [0.25, 0.3) is 0 Å².